The van der Waals surface area contributed by atoms with Crippen LogP contribution < -0.4 is 10.8 Å². The highest BCUT2D eigenvalue weighted by molar-refractivity contribution is 7.98. The highest BCUT2D eigenvalue weighted by Gasteiger charge is 2.23. The third-order valence-corrected chi connectivity index (χ3v) is 6.24. The van der Waals surface area contributed by atoms with Gasteiger partial charge in [0, 0.05) is 42.8 Å². The van der Waals surface area contributed by atoms with Gasteiger partial charge in [0.1, 0.15) is 19.3 Å². The zero-order valence-corrected chi connectivity index (χ0v) is 17.7. The molecule has 4 heterocycles. The maximum Gasteiger partial charge on any atom is 0.150 e. The van der Waals surface area contributed by atoms with Crippen molar-refractivity contribution in [3.63, 3.8) is 0 Å². The molecule has 0 amide bonds. The van der Waals surface area contributed by atoms with Gasteiger partial charge in [0.15, 0.2) is 0 Å². The Kier molecular flexibility index (Phi) is 6.72. The van der Waals surface area contributed by atoms with E-state index in [9.17, 15) is 0 Å². The number of thioether (sulfide) groups is 1. The van der Waals surface area contributed by atoms with Crippen LogP contribution in [0, 0.1) is 0 Å². The fourth-order valence-corrected chi connectivity index (χ4v) is 4.33. The van der Waals surface area contributed by atoms with Crippen molar-refractivity contribution >= 4 is 36.5 Å². The van der Waals surface area contributed by atoms with Gasteiger partial charge in [-0.15, -0.1) is 0 Å². The van der Waals surface area contributed by atoms with Crippen LogP contribution in [0.1, 0.15) is 36.4 Å². The highest BCUT2D eigenvalue weighted by Crippen LogP contribution is 2.29. The summed E-state index contributed by atoms with van der Waals surface area (Å²) in [7, 11) is 6.15. The third-order valence-electron chi connectivity index (χ3n) is 5.54. The molecule has 0 bridgehead atoms. The van der Waals surface area contributed by atoms with Crippen LogP contribution in [0.25, 0.3) is 5.65 Å². The summed E-state index contributed by atoms with van der Waals surface area (Å²) >= 11 is 1.93. The average Bonchev–Trinajstić information content (AvgIpc) is 3.14. The molecule has 3 aromatic heterocycles. The van der Waals surface area contributed by atoms with E-state index in [2.05, 4.69) is 38.7 Å². The molecule has 1 aliphatic rings. The summed E-state index contributed by atoms with van der Waals surface area (Å²) in [5.41, 5.74) is 3.59. The van der Waals surface area contributed by atoms with E-state index in [1.165, 1.54) is 18.7 Å². The maximum absolute atomic E-state index is 6.15. The van der Waals surface area contributed by atoms with Gasteiger partial charge in [-0.05, 0) is 68.0 Å². The minimum Gasteiger partial charge on any atom is -0.366 e. The van der Waals surface area contributed by atoms with Gasteiger partial charge < -0.3 is 10.2 Å². The lowest BCUT2D eigenvalue weighted by Crippen LogP contribution is -2.34. The molecule has 0 aromatic carbocycles. The molecule has 29 heavy (non-hydrogen) atoms. The number of nitrogens with one attached hydrogen (secondary N) is 1. The Hall–Kier alpha value is -2.06. The second-order valence-electron chi connectivity index (χ2n) is 7.58. The molecule has 1 aliphatic heterocycles. The molecule has 6 nitrogen and oxygen atoms in total. The van der Waals surface area contributed by atoms with Gasteiger partial charge in [0.2, 0.25) is 0 Å². The van der Waals surface area contributed by atoms with Crippen LogP contribution in [-0.4, -0.2) is 64.0 Å². The molecule has 1 fully saturated rings. The Labute approximate surface area is 177 Å². The lowest BCUT2D eigenvalue weighted by atomic mass is 9.92. The van der Waals surface area contributed by atoms with Crippen LogP contribution >= 0.6 is 11.8 Å². The first kappa shape index (κ1) is 20.2. The van der Waals surface area contributed by atoms with Gasteiger partial charge in [0.05, 0.1) is 0 Å². The number of rotatable bonds is 8. The number of aromatic nitrogens is 4. The summed E-state index contributed by atoms with van der Waals surface area (Å²) in [5.74, 6) is 2.63. The largest absolute Gasteiger partial charge is 0.366 e. The number of hydrogen-bond donors (Lipinski definition) is 1. The van der Waals surface area contributed by atoms with Gasteiger partial charge in [-0.25, -0.2) is 4.98 Å². The molecule has 3 aromatic rings. The van der Waals surface area contributed by atoms with Crippen molar-refractivity contribution in [2.75, 3.05) is 37.0 Å². The fraction of sp³-hybridized carbons (Fsp3) is 0.476. The monoisotopic (exact) mass is 406 g/mol. The SMILES string of the molecule is [B]c1cnn2c(NCc3cccnc3)cc(C3CCN(CCCSC)CC3)nc12. The van der Waals surface area contributed by atoms with E-state index in [4.69, 9.17) is 12.8 Å². The second kappa shape index (κ2) is 9.63. The second-order valence-corrected chi connectivity index (χ2v) is 8.56. The first-order valence-corrected chi connectivity index (χ1v) is 11.6. The van der Waals surface area contributed by atoms with E-state index in [-0.39, 0.29) is 0 Å². The zero-order valence-electron chi connectivity index (χ0n) is 16.9. The number of piperidine rings is 1. The Morgan fingerprint density at radius 2 is 2.14 bits per heavy atom. The summed E-state index contributed by atoms with van der Waals surface area (Å²) in [5, 5.41) is 7.90. The normalized spacial score (nSPS) is 15.8. The van der Waals surface area contributed by atoms with E-state index in [1.54, 1.807) is 16.9 Å². The maximum atomic E-state index is 6.15. The number of anilines is 1. The number of hydrogen-bond acceptors (Lipinski definition) is 6. The zero-order chi connectivity index (χ0) is 20.1. The first-order chi connectivity index (χ1) is 14.2. The van der Waals surface area contributed by atoms with Gasteiger partial charge in [-0.2, -0.15) is 21.4 Å². The molecule has 2 radical (unpaired) electrons. The summed E-state index contributed by atoms with van der Waals surface area (Å²) in [6.45, 7) is 4.16. The van der Waals surface area contributed by atoms with Gasteiger partial charge in [0.25, 0.3) is 0 Å². The van der Waals surface area contributed by atoms with Crippen LogP contribution in [-0.2, 0) is 6.54 Å². The summed E-state index contributed by atoms with van der Waals surface area (Å²) in [6, 6.07) is 6.15. The summed E-state index contributed by atoms with van der Waals surface area (Å²) < 4.78 is 1.80. The minimum atomic E-state index is 0.463. The summed E-state index contributed by atoms with van der Waals surface area (Å²) in [4.78, 5) is 11.6. The molecule has 0 aliphatic carbocycles. The first-order valence-electron chi connectivity index (χ1n) is 10.2. The van der Waals surface area contributed by atoms with E-state index < -0.39 is 0 Å². The molecular weight excluding hydrogens is 379 g/mol. The van der Waals surface area contributed by atoms with Gasteiger partial charge in [-0.1, -0.05) is 6.07 Å². The molecule has 0 spiro atoms. The van der Waals surface area contributed by atoms with Crippen LogP contribution in [0.15, 0.2) is 36.8 Å². The van der Waals surface area contributed by atoms with E-state index in [0.717, 1.165) is 48.7 Å². The minimum absolute atomic E-state index is 0.463. The van der Waals surface area contributed by atoms with E-state index in [1.807, 2.05) is 24.0 Å². The van der Waals surface area contributed by atoms with Crippen molar-refractivity contribution < 1.29 is 0 Å². The van der Waals surface area contributed by atoms with Crippen molar-refractivity contribution in [1.29, 1.82) is 0 Å². The molecule has 0 saturated carbocycles. The van der Waals surface area contributed by atoms with Crippen molar-refractivity contribution in [2.45, 2.75) is 31.7 Å². The number of pyridine rings is 1. The molecule has 8 heteroatoms. The predicted octanol–water partition coefficient (Wildman–Crippen LogP) is 2.46. The van der Waals surface area contributed by atoms with Crippen LogP contribution in [0.2, 0.25) is 0 Å². The average molecular weight is 406 g/mol. The molecule has 1 N–H and O–H groups in total. The highest BCUT2D eigenvalue weighted by atomic mass is 32.2. The van der Waals surface area contributed by atoms with Crippen molar-refractivity contribution in [1.82, 2.24) is 24.5 Å². The van der Waals surface area contributed by atoms with Gasteiger partial charge in [-0.3, -0.25) is 4.98 Å². The Balaban J connectivity index is 1.49. The summed E-state index contributed by atoms with van der Waals surface area (Å²) in [6.07, 6.45) is 11.1. The third kappa shape index (κ3) is 4.93. The number of nitrogens with zero attached hydrogens (tertiary/aromatic N) is 5. The molecule has 0 unspecified atom stereocenters. The van der Waals surface area contributed by atoms with E-state index in [0.29, 0.717) is 17.9 Å². The lowest BCUT2D eigenvalue weighted by molar-refractivity contribution is 0.212. The Morgan fingerprint density at radius 1 is 1.28 bits per heavy atom. The molecule has 0 atom stereocenters. The quantitative estimate of drug-likeness (QED) is 0.458. The Bertz CT molecular complexity index is 924. The van der Waals surface area contributed by atoms with Crippen LogP contribution in [0.5, 0.6) is 0 Å². The Morgan fingerprint density at radius 3 is 2.90 bits per heavy atom. The van der Waals surface area contributed by atoms with Crippen molar-refractivity contribution in [3.05, 3.63) is 48.0 Å². The topological polar surface area (TPSA) is 58.4 Å². The van der Waals surface area contributed by atoms with E-state index >= 15 is 0 Å². The van der Waals surface area contributed by atoms with Crippen molar-refractivity contribution in [2.24, 2.45) is 0 Å². The molecule has 1 saturated heterocycles. The fourth-order valence-electron chi connectivity index (χ4n) is 3.91. The standard InChI is InChI=1S/C21H27BN6S/c1-29-11-3-8-27-9-5-17(6-10-27)19-12-20(24-14-16-4-2-7-23-13-16)28-21(26-19)18(22)15-25-28/h2,4,7,12-13,15,17,24H,3,5-6,8-11,14H2,1H3. The lowest BCUT2D eigenvalue weighted by Gasteiger charge is -2.31. The number of fused-ring (bicyclic) bond motifs is 1. The van der Waals surface area contributed by atoms with Gasteiger partial charge >= 0.3 is 0 Å². The molecular formula is C21H27BN6S. The van der Waals surface area contributed by atoms with Crippen molar-refractivity contribution in [3.8, 4) is 0 Å². The molecule has 4 rings (SSSR count). The number of likely N-dealkylation sites (tertiary alicyclic amines) is 1. The molecule has 150 valence electrons. The smallest absolute Gasteiger partial charge is 0.150 e. The van der Waals surface area contributed by atoms with Crippen LogP contribution in [0.4, 0.5) is 5.82 Å². The van der Waals surface area contributed by atoms with Crippen LogP contribution in [0.3, 0.4) is 0 Å². The predicted molar refractivity (Wildman–Crippen MR) is 121 cm³/mol.